The molecule has 0 unspecified atom stereocenters. The Morgan fingerprint density at radius 3 is 2.60 bits per heavy atom. The van der Waals surface area contributed by atoms with Crippen LogP contribution in [0.5, 0.6) is 5.75 Å². The standard InChI is InChI=1S/C17H15BrFN3O3/c1-21-16-13(18)7-12(25-2)8-14(16)22(17(21)24)9-15(23)20-11-5-3-10(19)4-6-11/h3-8H,9H2,1-2H3,(H,20,23). The molecule has 6 nitrogen and oxygen atoms in total. The van der Waals surface area contributed by atoms with Crippen LogP contribution in [-0.4, -0.2) is 22.2 Å². The first-order chi connectivity index (χ1) is 11.9. The van der Waals surface area contributed by atoms with Crippen molar-refractivity contribution in [1.29, 1.82) is 0 Å². The molecule has 0 fully saturated rings. The molecular weight excluding hydrogens is 393 g/mol. The van der Waals surface area contributed by atoms with Crippen molar-refractivity contribution in [3.63, 3.8) is 0 Å². The van der Waals surface area contributed by atoms with Gasteiger partial charge < -0.3 is 10.1 Å². The minimum absolute atomic E-state index is 0.173. The molecule has 1 heterocycles. The molecule has 1 aromatic heterocycles. The van der Waals surface area contributed by atoms with Gasteiger partial charge in [-0.2, -0.15) is 0 Å². The van der Waals surface area contributed by atoms with Crippen molar-refractivity contribution in [2.45, 2.75) is 6.54 Å². The summed E-state index contributed by atoms with van der Waals surface area (Å²) in [7, 11) is 3.16. The van der Waals surface area contributed by atoms with Crippen molar-refractivity contribution < 1.29 is 13.9 Å². The number of anilines is 1. The first-order valence-electron chi connectivity index (χ1n) is 7.39. The number of carbonyl (C=O) groups is 1. The molecule has 0 aliphatic carbocycles. The minimum Gasteiger partial charge on any atom is -0.497 e. The molecule has 1 amide bonds. The van der Waals surface area contributed by atoms with Gasteiger partial charge in [0.05, 0.1) is 18.1 Å². The number of aromatic nitrogens is 2. The van der Waals surface area contributed by atoms with Crippen LogP contribution in [0.4, 0.5) is 10.1 Å². The van der Waals surface area contributed by atoms with Gasteiger partial charge in [0.25, 0.3) is 0 Å². The van der Waals surface area contributed by atoms with Crippen molar-refractivity contribution in [2.75, 3.05) is 12.4 Å². The Morgan fingerprint density at radius 1 is 1.28 bits per heavy atom. The van der Waals surface area contributed by atoms with E-state index in [-0.39, 0.29) is 24.0 Å². The summed E-state index contributed by atoms with van der Waals surface area (Å²) in [6, 6.07) is 8.87. The number of fused-ring (bicyclic) bond motifs is 1. The summed E-state index contributed by atoms with van der Waals surface area (Å²) in [5, 5.41) is 2.64. The molecule has 0 aliphatic rings. The maximum Gasteiger partial charge on any atom is 0.329 e. The van der Waals surface area contributed by atoms with Gasteiger partial charge in [-0.1, -0.05) is 0 Å². The molecule has 0 spiro atoms. The molecule has 0 atom stereocenters. The molecule has 0 saturated carbocycles. The highest BCUT2D eigenvalue weighted by Crippen LogP contribution is 2.28. The summed E-state index contributed by atoms with van der Waals surface area (Å²) in [6.07, 6.45) is 0. The SMILES string of the molecule is COc1cc(Br)c2c(c1)n(CC(=O)Nc1ccc(F)cc1)c(=O)n2C. The van der Waals surface area contributed by atoms with Gasteiger partial charge in [-0.3, -0.25) is 13.9 Å². The van der Waals surface area contributed by atoms with Crippen LogP contribution in [0.2, 0.25) is 0 Å². The number of carbonyl (C=O) groups excluding carboxylic acids is 1. The van der Waals surface area contributed by atoms with E-state index < -0.39 is 0 Å². The maximum atomic E-state index is 12.9. The van der Waals surface area contributed by atoms with Crippen molar-refractivity contribution in [3.8, 4) is 5.75 Å². The van der Waals surface area contributed by atoms with Gasteiger partial charge in [0.15, 0.2) is 0 Å². The van der Waals surface area contributed by atoms with Crippen LogP contribution < -0.4 is 15.7 Å². The lowest BCUT2D eigenvalue weighted by Crippen LogP contribution is -2.28. The van der Waals surface area contributed by atoms with Gasteiger partial charge in [-0.05, 0) is 46.3 Å². The van der Waals surface area contributed by atoms with E-state index >= 15 is 0 Å². The van der Waals surface area contributed by atoms with Crippen molar-refractivity contribution >= 4 is 38.6 Å². The Labute approximate surface area is 150 Å². The number of hydrogen-bond donors (Lipinski definition) is 1. The van der Waals surface area contributed by atoms with Crippen LogP contribution in [0, 0.1) is 5.82 Å². The van der Waals surface area contributed by atoms with Gasteiger partial charge >= 0.3 is 5.69 Å². The van der Waals surface area contributed by atoms with Crippen LogP contribution in [0.25, 0.3) is 11.0 Å². The van der Waals surface area contributed by atoms with Gasteiger partial charge in [0.1, 0.15) is 18.1 Å². The Kier molecular flexibility index (Phi) is 4.63. The first kappa shape index (κ1) is 17.2. The lowest BCUT2D eigenvalue weighted by molar-refractivity contribution is -0.116. The fourth-order valence-corrected chi connectivity index (χ4v) is 3.32. The average molecular weight is 408 g/mol. The maximum absolute atomic E-state index is 12.9. The third kappa shape index (κ3) is 3.30. The lowest BCUT2D eigenvalue weighted by Gasteiger charge is -2.07. The van der Waals surface area contributed by atoms with Crippen LogP contribution in [0.1, 0.15) is 0 Å². The molecule has 3 aromatic rings. The normalized spacial score (nSPS) is 10.9. The van der Waals surface area contributed by atoms with Gasteiger partial charge in [-0.15, -0.1) is 0 Å². The number of benzene rings is 2. The highest BCUT2D eigenvalue weighted by Gasteiger charge is 2.17. The predicted octanol–water partition coefficient (Wildman–Crippen LogP) is 2.89. The predicted molar refractivity (Wildman–Crippen MR) is 96.5 cm³/mol. The molecule has 130 valence electrons. The molecule has 1 N–H and O–H groups in total. The number of methoxy groups -OCH3 is 1. The molecule has 25 heavy (non-hydrogen) atoms. The molecule has 0 bridgehead atoms. The minimum atomic E-state index is -0.389. The number of imidazole rings is 1. The lowest BCUT2D eigenvalue weighted by atomic mass is 10.3. The van der Waals surface area contributed by atoms with Crippen molar-refractivity contribution in [3.05, 3.63) is 57.2 Å². The number of rotatable bonds is 4. The monoisotopic (exact) mass is 407 g/mol. The summed E-state index contributed by atoms with van der Waals surface area (Å²) in [5.41, 5.74) is 1.38. The van der Waals surface area contributed by atoms with E-state index in [2.05, 4.69) is 21.2 Å². The molecular formula is C17H15BrFN3O3. The second-order valence-electron chi connectivity index (χ2n) is 5.46. The second kappa shape index (κ2) is 6.72. The molecule has 0 radical (unpaired) electrons. The van der Waals surface area contributed by atoms with Crippen LogP contribution in [-0.2, 0) is 18.4 Å². The van der Waals surface area contributed by atoms with Crippen LogP contribution in [0.3, 0.4) is 0 Å². The second-order valence-corrected chi connectivity index (χ2v) is 6.31. The fraction of sp³-hybridized carbons (Fsp3) is 0.176. The molecule has 8 heteroatoms. The molecule has 2 aromatic carbocycles. The third-order valence-electron chi connectivity index (χ3n) is 3.83. The number of aryl methyl sites for hydroxylation is 1. The summed E-state index contributed by atoms with van der Waals surface area (Å²) in [6.45, 7) is -0.173. The van der Waals surface area contributed by atoms with E-state index in [0.717, 1.165) is 0 Å². The largest absolute Gasteiger partial charge is 0.497 e. The Bertz CT molecular complexity index is 1010. The molecule has 3 rings (SSSR count). The van der Waals surface area contributed by atoms with Crippen LogP contribution in [0.15, 0.2) is 45.7 Å². The molecule has 0 saturated heterocycles. The van der Waals surface area contributed by atoms with E-state index in [4.69, 9.17) is 4.74 Å². The zero-order valence-corrected chi connectivity index (χ0v) is 15.1. The third-order valence-corrected chi connectivity index (χ3v) is 4.43. The summed E-state index contributed by atoms with van der Waals surface area (Å²) < 4.78 is 21.7. The van der Waals surface area contributed by atoms with Gasteiger partial charge in [-0.25, -0.2) is 9.18 Å². The number of hydrogen-bond acceptors (Lipinski definition) is 3. The summed E-state index contributed by atoms with van der Waals surface area (Å²) in [4.78, 5) is 24.8. The van der Waals surface area contributed by atoms with Gasteiger partial charge in [0, 0.05) is 23.3 Å². The van der Waals surface area contributed by atoms with E-state index in [0.29, 0.717) is 26.9 Å². The number of ether oxygens (including phenoxy) is 1. The number of nitrogens with one attached hydrogen (secondary N) is 1. The summed E-state index contributed by atoms with van der Waals surface area (Å²) >= 11 is 3.42. The van der Waals surface area contributed by atoms with Crippen molar-refractivity contribution in [1.82, 2.24) is 9.13 Å². The Morgan fingerprint density at radius 2 is 1.96 bits per heavy atom. The highest BCUT2D eigenvalue weighted by molar-refractivity contribution is 9.10. The average Bonchev–Trinajstić information content (AvgIpc) is 2.82. The summed E-state index contributed by atoms with van der Waals surface area (Å²) in [5.74, 6) is -0.210. The smallest absolute Gasteiger partial charge is 0.329 e. The van der Waals surface area contributed by atoms with Crippen LogP contribution >= 0.6 is 15.9 Å². The quantitative estimate of drug-likeness (QED) is 0.722. The zero-order chi connectivity index (χ0) is 18.1. The Balaban J connectivity index is 1.96. The number of amides is 1. The van der Waals surface area contributed by atoms with Gasteiger partial charge in [0.2, 0.25) is 5.91 Å². The highest BCUT2D eigenvalue weighted by atomic mass is 79.9. The van der Waals surface area contributed by atoms with E-state index in [1.807, 2.05) is 0 Å². The number of halogens is 2. The molecule has 0 aliphatic heterocycles. The van der Waals surface area contributed by atoms with Crippen molar-refractivity contribution in [2.24, 2.45) is 7.05 Å². The van der Waals surface area contributed by atoms with E-state index in [1.165, 1.54) is 40.5 Å². The number of nitrogens with zero attached hydrogens (tertiary/aromatic N) is 2. The Hall–Kier alpha value is -2.61. The zero-order valence-electron chi connectivity index (χ0n) is 13.5. The fourth-order valence-electron chi connectivity index (χ4n) is 2.63. The van der Waals surface area contributed by atoms with E-state index in [1.54, 1.807) is 19.2 Å². The first-order valence-corrected chi connectivity index (χ1v) is 8.18. The van der Waals surface area contributed by atoms with E-state index in [9.17, 15) is 14.0 Å². The topological polar surface area (TPSA) is 65.3 Å².